The number of hydrogen-bond donors (Lipinski definition) is 1. The standard InChI is InChI=1S/C25H35NO2/c1-18(26-22(27)24-14-11-23(2,12-15-24)13-16-24)19-7-9-25(10-8-19)21-6-4-3-5-20(21)17-28-25/h3-6,18-19H,7-17H2,1-2H3,(H,26,27). The highest BCUT2D eigenvalue weighted by atomic mass is 16.5. The van der Waals surface area contributed by atoms with Crippen LogP contribution in [0.4, 0.5) is 0 Å². The number of fused-ring (bicyclic) bond motifs is 5. The summed E-state index contributed by atoms with van der Waals surface area (Å²) < 4.78 is 6.32. The van der Waals surface area contributed by atoms with E-state index in [-0.39, 0.29) is 17.1 Å². The third-order valence-corrected chi connectivity index (χ3v) is 9.02. The lowest BCUT2D eigenvalue weighted by atomic mass is 9.54. The molecule has 1 heterocycles. The van der Waals surface area contributed by atoms with Gasteiger partial charge in [0.1, 0.15) is 0 Å². The fraction of sp³-hybridized carbons (Fsp3) is 0.720. The van der Waals surface area contributed by atoms with Crippen molar-refractivity contribution in [3.05, 3.63) is 35.4 Å². The average molecular weight is 382 g/mol. The Bertz CT molecular complexity index is 737. The van der Waals surface area contributed by atoms with Gasteiger partial charge < -0.3 is 10.1 Å². The Morgan fingerprint density at radius 3 is 2.36 bits per heavy atom. The molecule has 0 aromatic heterocycles. The fourth-order valence-corrected chi connectivity index (χ4v) is 6.60. The molecule has 4 saturated carbocycles. The molecule has 4 aliphatic carbocycles. The molecule has 3 nitrogen and oxygen atoms in total. The molecule has 1 aliphatic heterocycles. The van der Waals surface area contributed by atoms with Crippen molar-refractivity contribution in [1.82, 2.24) is 5.32 Å². The van der Waals surface area contributed by atoms with Gasteiger partial charge in [-0.25, -0.2) is 0 Å². The third-order valence-electron chi connectivity index (χ3n) is 9.02. The minimum absolute atomic E-state index is 0.0601. The number of carbonyl (C=O) groups is 1. The molecular weight excluding hydrogens is 346 g/mol. The Morgan fingerprint density at radius 1 is 1.04 bits per heavy atom. The number of carbonyl (C=O) groups excluding carboxylic acids is 1. The van der Waals surface area contributed by atoms with Crippen LogP contribution in [-0.2, 0) is 21.7 Å². The number of hydrogen-bond acceptors (Lipinski definition) is 2. The normalized spacial score (nSPS) is 40.3. The van der Waals surface area contributed by atoms with Gasteiger partial charge in [0.25, 0.3) is 0 Å². The lowest BCUT2D eigenvalue weighted by Gasteiger charge is -2.51. The van der Waals surface area contributed by atoms with Crippen LogP contribution in [0.2, 0.25) is 0 Å². The van der Waals surface area contributed by atoms with Crippen molar-refractivity contribution in [2.75, 3.05) is 0 Å². The second kappa shape index (κ2) is 6.58. The van der Waals surface area contributed by atoms with Gasteiger partial charge in [-0.3, -0.25) is 4.79 Å². The minimum atomic E-state index is -0.0628. The van der Waals surface area contributed by atoms with E-state index in [9.17, 15) is 4.79 Å². The van der Waals surface area contributed by atoms with E-state index in [4.69, 9.17) is 4.74 Å². The summed E-state index contributed by atoms with van der Waals surface area (Å²) >= 11 is 0. The van der Waals surface area contributed by atoms with Gasteiger partial charge in [0, 0.05) is 11.5 Å². The predicted octanol–water partition coefficient (Wildman–Crippen LogP) is 5.47. The maximum Gasteiger partial charge on any atom is 0.226 e. The SMILES string of the molecule is CC(NC(=O)C12CCC(C)(CC1)CC2)C1CCC2(CC1)OCc1ccccc12. The van der Waals surface area contributed by atoms with E-state index in [0.717, 1.165) is 51.6 Å². The van der Waals surface area contributed by atoms with Crippen LogP contribution < -0.4 is 5.32 Å². The molecule has 2 bridgehead atoms. The van der Waals surface area contributed by atoms with E-state index in [1.807, 2.05) is 0 Å². The van der Waals surface area contributed by atoms with Crippen LogP contribution in [0.5, 0.6) is 0 Å². The van der Waals surface area contributed by atoms with Crippen molar-refractivity contribution < 1.29 is 9.53 Å². The summed E-state index contributed by atoms with van der Waals surface area (Å²) in [4.78, 5) is 13.2. The molecule has 0 saturated heterocycles. The minimum Gasteiger partial charge on any atom is -0.366 e. The van der Waals surface area contributed by atoms with E-state index >= 15 is 0 Å². The highest BCUT2D eigenvalue weighted by molar-refractivity contribution is 5.83. The Labute approximate surface area is 169 Å². The highest BCUT2D eigenvalue weighted by Gasteiger charge is 2.51. The zero-order valence-corrected chi connectivity index (χ0v) is 17.6. The van der Waals surface area contributed by atoms with Crippen LogP contribution in [0.1, 0.15) is 89.2 Å². The zero-order chi connectivity index (χ0) is 19.4. The molecule has 1 aromatic carbocycles. The van der Waals surface area contributed by atoms with Crippen LogP contribution in [0.3, 0.4) is 0 Å². The summed E-state index contributed by atoms with van der Waals surface area (Å²) in [7, 11) is 0. The van der Waals surface area contributed by atoms with E-state index in [1.165, 1.54) is 30.4 Å². The quantitative estimate of drug-likeness (QED) is 0.754. The average Bonchev–Trinajstić information content (AvgIpc) is 3.08. The second-order valence-corrected chi connectivity index (χ2v) is 10.6. The van der Waals surface area contributed by atoms with E-state index < -0.39 is 0 Å². The first-order chi connectivity index (χ1) is 13.4. The molecule has 1 atom stereocenters. The van der Waals surface area contributed by atoms with Gasteiger partial charge in [0.2, 0.25) is 5.91 Å². The molecule has 1 N–H and O–H groups in total. The third kappa shape index (κ3) is 2.93. The first kappa shape index (κ1) is 18.7. The van der Waals surface area contributed by atoms with Crippen LogP contribution in [0.15, 0.2) is 24.3 Å². The molecule has 1 spiro atoms. The smallest absolute Gasteiger partial charge is 0.226 e. The second-order valence-electron chi connectivity index (χ2n) is 10.6. The molecule has 1 amide bonds. The summed E-state index contributed by atoms with van der Waals surface area (Å²) in [5.41, 5.74) is 3.17. The number of nitrogens with one attached hydrogen (secondary N) is 1. The molecule has 1 unspecified atom stereocenters. The lowest BCUT2D eigenvalue weighted by Crippen LogP contribution is -2.52. The maximum absolute atomic E-state index is 13.2. The first-order valence-corrected chi connectivity index (χ1v) is 11.5. The lowest BCUT2D eigenvalue weighted by molar-refractivity contribution is -0.141. The van der Waals surface area contributed by atoms with Gasteiger partial charge >= 0.3 is 0 Å². The predicted molar refractivity (Wildman–Crippen MR) is 111 cm³/mol. The van der Waals surface area contributed by atoms with Crippen molar-refractivity contribution in [3.63, 3.8) is 0 Å². The summed E-state index contributed by atoms with van der Waals surface area (Å²) in [5.74, 6) is 0.921. The maximum atomic E-state index is 13.2. The van der Waals surface area contributed by atoms with Crippen LogP contribution in [-0.4, -0.2) is 11.9 Å². The molecular formula is C25H35NO2. The zero-order valence-electron chi connectivity index (χ0n) is 17.6. The highest BCUT2D eigenvalue weighted by Crippen LogP contribution is 2.57. The van der Waals surface area contributed by atoms with Crippen LogP contribution in [0, 0.1) is 16.7 Å². The molecule has 0 radical (unpaired) electrons. The molecule has 28 heavy (non-hydrogen) atoms. The van der Waals surface area contributed by atoms with Crippen molar-refractivity contribution in [3.8, 4) is 0 Å². The van der Waals surface area contributed by atoms with E-state index in [2.05, 4.69) is 43.4 Å². The Balaban J connectivity index is 1.20. The van der Waals surface area contributed by atoms with E-state index in [0.29, 0.717) is 17.2 Å². The van der Waals surface area contributed by atoms with Gasteiger partial charge in [-0.15, -0.1) is 0 Å². The largest absolute Gasteiger partial charge is 0.366 e. The van der Waals surface area contributed by atoms with Crippen LogP contribution in [0.25, 0.3) is 0 Å². The topological polar surface area (TPSA) is 38.3 Å². The Hall–Kier alpha value is -1.35. The Morgan fingerprint density at radius 2 is 1.68 bits per heavy atom. The molecule has 5 aliphatic rings. The molecule has 4 fully saturated rings. The summed E-state index contributed by atoms with van der Waals surface area (Å²) in [6.07, 6.45) is 11.4. The summed E-state index contributed by atoms with van der Waals surface area (Å²) in [5, 5.41) is 3.47. The molecule has 3 heteroatoms. The van der Waals surface area contributed by atoms with Gasteiger partial charge in [0.15, 0.2) is 0 Å². The fourth-order valence-electron chi connectivity index (χ4n) is 6.60. The van der Waals surface area contributed by atoms with Crippen LogP contribution >= 0.6 is 0 Å². The van der Waals surface area contributed by atoms with Gasteiger partial charge in [-0.05, 0) is 93.6 Å². The summed E-state index contributed by atoms with van der Waals surface area (Å²) in [6.45, 7) is 5.41. The monoisotopic (exact) mass is 381 g/mol. The Kier molecular flexibility index (Phi) is 4.39. The molecule has 1 aromatic rings. The van der Waals surface area contributed by atoms with Crippen molar-refractivity contribution >= 4 is 5.91 Å². The molecule has 152 valence electrons. The number of benzene rings is 1. The molecule has 6 rings (SSSR count). The van der Waals surface area contributed by atoms with Gasteiger partial charge in [-0.1, -0.05) is 31.2 Å². The number of ether oxygens (including phenoxy) is 1. The number of rotatable bonds is 3. The number of amides is 1. The van der Waals surface area contributed by atoms with Crippen molar-refractivity contribution in [2.24, 2.45) is 16.7 Å². The van der Waals surface area contributed by atoms with Gasteiger partial charge in [-0.2, -0.15) is 0 Å². The van der Waals surface area contributed by atoms with Crippen molar-refractivity contribution in [2.45, 2.75) is 96.3 Å². The summed E-state index contributed by atoms with van der Waals surface area (Å²) in [6, 6.07) is 8.99. The van der Waals surface area contributed by atoms with Gasteiger partial charge in [0.05, 0.1) is 12.2 Å². The van der Waals surface area contributed by atoms with E-state index in [1.54, 1.807) is 0 Å². The van der Waals surface area contributed by atoms with Crippen molar-refractivity contribution in [1.29, 1.82) is 0 Å². The first-order valence-electron chi connectivity index (χ1n) is 11.5.